The number of rotatable bonds is 5. The normalized spacial score (nSPS) is 15.4. The lowest BCUT2D eigenvalue weighted by atomic mass is 10.1. The molecule has 0 aliphatic carbocycles. The number of aryl methyl sites for hydroxylation is 2. The minimum absolute atomic E-state index is 0.0400. The average molecular weight is 428 g/mol. The third kappa shape index (κ3) is 4.12. The molecule has 162 valence electrons. The Morgan fingerprint density at radius 3 is 2.28 bits per heavy atom. The topological polar surface area (TPSA) is 71.4 Å². The van der Waals surface area contributed by atoms with Gasteiger partial charge >= 0.3 is 6.03 Å². The van der Waals surface area contributed by atoms with Gasteiger partial charge in [0.2, 0.25) is 0 Å². The summed E-state index contributed by atoms with van der Waals surface area (Å²) in [6.07, 6.45) is 2.09. The molecule has 32 heavy (non-hydrogen) atoms. The quantitative estimate of drug-likeness (QED) is 0.492. The van der Waals surface area contributed by atoms with Crippen molar-refractivity contribution in [1.29, 1.82) is 0 Å². The first-order chi connectivity index (χ1) is 15.3. The van der Waals surface area contributed by atoms with Gasteiger partial charge < -0.3 is 4.57 Å². The van der Waals surface area contributed by atoms with Gasteiger partial charge in [-0.1, -0.05) is 48.0 Å². The number of nitrogens with zero attached hydrogens (tertiary/aromatic N) is 2. The molecule has 3 aromatic rings. The molecule has 1 fully saturated rings. The van der Waals surface area contributed by atoms with E-state index in [0.29, 0.717) is 6.42 Å². The third-order valence-corrected chi connectivity index (χ3v) is 5.72. The SMILES string of the molecule is Cc1ccc(-n2c(C)cc(C=C3C(=O)NC(=O)N(CCc4ccccc4)C3=O)c2C)cc1. The molecule has 6 heteroatoms. The monoisotopic (exact) mass is 427 g/mol. The second-order valence-electron chi connectivity index (χ2n) is 8.01. The summed E-state index contributed by atoms with van der Waals surface area (Å²) in [6.45, 7) is 6.16. The summed E-state index contributed by atoms with van der Waals surface area (Å²) < 4.78 is 2.08. The maximum Gasteiger partial charge on any atom is 0.331 e. The van der Waals surface area contributed by atoms with Crippen LogP contribution in [-0.4, -0.2) is 33.9 Å². The highest BCUT2D eigenvalue weighted by atomic mass is 16.2. The Morgan fingerprint density at radius 2 is 1.59 bits per heavy atom. The number of benzene rings is 2. The van der Waals surface area contributed by atoms with Gasteiger partial charge in [0.05, 0.1) is 0 Å². The van der Waals surface area contributed by atoms with Crippen molar-refractivity contribution < 1.29 is 14.4 Å². The van der Waals surface area contributed by atoms with Crippen LogP contribution < -0.4 is 5.32 Å². The lowest BCUT2D eigenvalue weighted by Crippen LogP contribution is -2.54. The maximum atomic E-state index is 13.1. The van der Waals surface area contributed by atoms with Crippen molar-refractivity contribution in [3.05, 3.63) is 94.3 Å². The molecule has 1 aliphatic heterocycles. The zero-order valence-electron chi connectivity index (χ0n) is 18.4. The van der Waals surface area contributed by atoms with Crippen LogP contribution in [-0.2, 0) is 16.0 Å². The van der Waals surface area contributed by atoms with Gasteiger partial charge in [0.15, 0.2) is 0 Å². The smallest absolute Gasteiger partial charge is 0.318 e. The van der Waals surface area contributed by atoms with E-state index >= 15 is 0 Å². The molecule has 0 bridgehead atoms. The molecule has 0 unspecified atom stereocenters. The largest absolute Gasteiger partial charge is 0.331 e. The van der Waals surface area contributed by atoms with Gasteiger partial charge in [-0.05, 0) is 62.6 Å². The number of barbiturate groups is 1. The van der Waals surface area contributed by atoms with Gasteiger partial charge in [0.25, 0.3) is 11.8 Å². The summed E-state index contributed by atoms with van der Waals surface area (Å²) in [4.78, 5) is 39.0. The van der Waals surface area contributed by atoms with Gasteiger partial charge in [-0.15, -0.1) is 0 Å². The third-order valence-electron chi connectivity index (χ3n) is 5.72. The van der Waals surface area contributed by atoms with Crippen molar-refractivity contribution in [2.75, 3.05) is 6.54 Å². The lowest BCUT2D eigenvalue weighted by Gasteiger charge is -2.26. The number of hydrogen-bond acceptors (Lipinski definition) is 3. The maximum absolute atomic E-state index is 13.1. The second kappa shape index (κ2) is 8.67. The minimum Gasteiger partial charge on any atom is -0.318 e. The van der Waals surface area contributed by atoms with E-state index in [1.54, 1.807) is 6.08 Å². The van der Waals surface area contributed by atoms with Crippen LogP contribution >= 0.6 is 0 Å². The van der Waals surface area contributed by atoms with Crippen molar-refractivity contribution >= 4 is 23.9 Å². The van der Waals surface area contributed by atoms with Gasteiger partial charge in [0, 0.05) is 23.6 Å². The summed E-state index contributed by atoms with van der Waals surface area (Å²) >= 11 is 0. The predicted octanol–water partition coefficient (Wildman–Crippen LogP) is 4.11. The Labute approximate surface area is 187 Å². The molecule has 4 amide bonds. The Morgan fingerprint density at radius 1 is 0.906 bits per heavy atom. The van der Waals surface area contributed by atoms with E-state index in [1.165, 1.54) is 5.56 Å². The average Bonchev–Trinajstić information content (AvgIpc) is 3.05. The van der Waals surface area contributed by atoms with Crippen LogP contribution in [0.5, 0.6) is 0 Å². The first-order valence-electron chi connectivity index (χ1n) is 10.5. The Kier molecular flexibility index (Phi) is 5.77. The highest BCUT2D eigenvalue weighted by Crippen LogP contribution is 2.24. The van der Waals surface area contributed by atoms with E-state index in [-0.39, 0.29) is 12.1 Å². The van der Waals surface area contributed by atoms with Gasteiger partial charge in [-0.3, -0.25) is 19.8 Å². The van der Waals surface area contributed by atoms with E-state index in [9.17, 15) is 14.4 Å². The predicted molar refractivity (Wildman–Crippen MR) is 123 cm³/mol. The molecule has 2 aromatic carbocycles. The number of hydrogen-bond donors (Lipinski definition) is 1. The Hall–Kier alpha value is -3.93. The molecule has 0 saturated carbocycles. The number of amides is 4. The summed E-state index contributed by atoms with van der Waals surface area (Å²) in [5, 5.41) is 2.30. The number of nitrogens with one attached hydrogen (secondary N) is 1. The Bertz CT molecular complexity index is 1220. The molecule has 6 nitrogen and oxygen atoms in total. The molecular formula is C26H25N3O3. The minimum atomic E-state index is -0.682. The zero-order valence-corrected chi connectivity index (χ0v) is 18.4. The molecule has 4 rings (SSSR count). The van der Waals surface area contributed by atoms with Crippen LogP contribution in [0.3, 0.4) is 0 Å². The molecule has 0 radical (unpaired) electrons. The standard InChI is InChI=1S/C26H25N3O3/c1-17-9-11-22(12-10-17)29-18(2)15-21(19(29)3)16-23-24(30)27-26(32)28(25(23)31)14-13-20-7-5-4-6-8-20/h4-12,15-16H,13-14H2,1-3H3,(H,27,30,32). The van der Waals surface area contributed by atoms with Gasteiger partial charge in [-0.25, -0.2) is 4.79 Å². The molecule has 0 spiro atoms. The summed E-state index contributed by atoms with van der Waals surface area (Å²) in [6, 6.07) is 19.0. The van der Waals surface area contributed by atoms with E-state index in [1.807, 2.05) is 81.4 Å². The number of carbonyl (C=O) groups is 3. The Balaban J connectivity index is 1.63. The van der Waals surface area contributed by atoms with E-state index < -0.39 is 17.8 Å². The van der Waals surface area contributed by atoms with Crippen LogP contribution in [0.4, 0.5) is 4.79 Å². The van der Waals surface area contributed by atoms with Crippen LogP contribution in [0.15, 0.2) is 66.2 Å². The van der Waals surface area contributed by atoms with Crippen molar-refractivity contribution in [2.24, 2.45) is 0 Å². The molecule has 1 saturated heterocycles. The highest BCUT2D eigenvalue weighted by molar-refractivity contribution is 6.31. The summed E-state index contributed by atoms with van der Waals surface area (Å²) in [5.74, 6) is -1.24. The zero-order chi connectivity index (χ0) is 22.8. The van der Waals surface area contributed by atoms with E-state index in [2.05, 4.69) is 9.88 Å². The first-order valence-corrected chi connectivity index (χ1v) is 10.5. The van der Waals surface area contributed by atoms with Crippen molar-refractivity contribution in [2.45, 2.75) is 27.2 Å². The fraction of sp³-hybridized carbons (Fsp3) is 0.192. The van der Waals surface area contributed by atoms with Crippen molar-refractivity contribution in [1.82, 2.24) is 14.8 Å². The number of aromatic nitrogens is 1. The molecule has 0 atom stereocenters. The number of urea groups is 1. The first kappa shape index (κ1) is 21.3. The number of carbonyl (C=O) groups excluding carboxylic acids is 3. The molecule has 1 N–H and O–H groups in total. The number of imide groups is 2. The highest BCUT2D eigenvalue weighted by Gasteiger charge is 2.35. The van der Waals surface area contributed by atoms with Crippen LogP contribution in [0.25, 0.3) is 11.8 Å². The van der Waals surface area contributed by atoms with Gasteiger partial charge in [0.1, 0.15) is 5.57 Å². The molecular weight excluding hydrogens is 402 g/mol. The molecule has 1 aliphatic rings. The van der Waals surface area contributed by atoms with Gasteiger partial charge in [-0.2, -0.15) is 0 Å². The fourth-order valence-electron chi connectivity index (χ4n) is 3.96. The van der Waals surface area contributed by atoms with Crippen LogP contribution in [0.1, 0.15) is 28.1 Å². The van der Waals surface area contributed by atoms with E-state index in [0.717, 1.165) is 33.1 Å². The second-order valence-corrected chi connectivity index (χ2v) is 8.01. The lowest BCUT2D eigenvalue weighted by molar-refractivity contribution is -0.130. The molecule has 1 aromatic heterocycles. The van der Waals surface area contributed by atoms with Crippen molar-refractivity contribution in [3.8, 4) is 5.69 Å². The van der Waals surface area contributed by atoms with Crippen LogP contribution in [0, 0.1) is 20.8 Å². The molecule has 2 heterocycles. The van der Waals surface area contributed by atoms with Crippen LogP contribution in [0.2, 0.25) is 0 Å². The fourth-order valence-corrected chi connectivity index (χ4v) is 3.96. The van der Waals surface area contributed by atoms with E-state index in [4.69, 9.17) is 0 Å². The summed E-state index contributed by atoms with van der Waals surface area (Å²) in [7, 11) is 0. The summed E-state index contributed by atoms with van der Waals surface area (Å²) in [5.41, 5.74) is 5.81. The van der Waals surface area contributed by atoms with Crippen molar-refractivity contribution in [3.63, 3.8) is 0 Å².